The monoisotopic (exact) mass is 235 g/mol. The Bertz CT molecular complexity index is 446. The molecule has 0 radical (unpaired) electrons. The predicted octanol–water partition coefficient (Wildman–Crippen LogP) is -1.28. The van der Waals surface area contributed by atoms with Crippen LogP contribution in [0.2, 0.25) is 0 Å². The summed E-state index contributed by atoms with van der Waals surface area (Å²) >= 11 is 0. The van der Waals surface area contributed by atoms with Gasteiger partial charge in [-0.15, -0.1) is 0 Å². The zero-order valence-electron chi connectivity index (χ0n) is 9.43. The molecule has 0 bridgehead atoms. The van der Waals surface area contributed by atoms with Crippen molar-refractivity contribution in [3.05, 3.63) is 18.0 Å². The van der Waals surface area contributed by atoms with Gasteiger partial charge < -0.3 is 10.6 Å². The van der Waals surface area contributed by atoms with Gasteiger partial charge in [-0.05, 0) is 6.07 Å². The number of nitrogens with one attached hydrogen (secondary N) is 2. The third-order valence-electron chi connectivity index (χ3n) is 2.12. The lowest BCUT2D eigenvalue weighted by atomic mass is 10.3. The number of aryl methyl sites for hydroxylation is 1. The van der Waals surface area contributed by atoms with Gasteiger partial charge in [-0.3, -0.25) is 14.3 Å². The second-order valence-corrected chi connectivity index (χ2v) is 3.29. The molecule has 7 nitrogen and oxygen atoms in total. The molecule has 0 aromatic carbocycles. The summed E-state index contributed by atoms with van der Waals surface area (Å²) in [6.45, 7) is 0.173. The Balaban J connectivity index is 2.27. The van der Waals surface area contributed by atoms with Gasteiger partial charge >= 0.3 is 11.8 Å². The van der Waals surface area contributed by atoms with E-state index in [9.17, 15) is 9.59 Å². The molecule has 0 unspecified atom stereocenters. The van der Waals surface area contributed by atoms with E-state index >= 15 is 0 Å². The smallest absolute Gasteiger partial charge is 0.310 e. The van der Waals surface area contributed by atoms with Crippen molar-refractivity contribution in [3.8, 4) is 6.07 Å². The second kappa shape index (κ2) is 6.27. The molecular formula is C10H13N5O2. The molecule has 0 fully saturated rings. The molecule has 0 aliphatic carbocycles. The maximum Gasteiger partial charge on any atom is 0.310 e. The third kappa shape index (κ3) is 3.95. The first-order valence-electron chi connectivity index (χ1n) is 5.05. The molecule has 1 rings (SSSR count). The van der Waals surface area contributed by atoms with Crippen molar-refractivity contribution < 1.29 is 9.59 Å². The molecule has 1 heterocycles. The summed E-state index contributed by atoms with van der Waals surface area (Å²) in [5.41, 5.74) is 0.961. The highest BCUT2D eigenvalue weighted by Gasteiger charge is 2.11. The Morgan fingerprint density at radius 2 is 2.18 bits per heavy atom. The normalized spacial score (nSPS) is 9.41. The Morgan fingerprint density at radius 3 is 2.76 bits per heavy atom. The van der Waals surface area contributed by atoms with Gasteiger partial charge in [0, 0.05) is 31.9 Å². The summed E-state index contributed by atoms with van der Waals surface area (Å²) in [7, 11) is 1.80. The maximum absolute atomic E-state index is 11.2. The lowest BCUT2D eigenvalue weighted by Gasteiger charge is -2.04. The highest BCUT2D eigenvalue weighted by atomic mass is 16.2. The lowest BCUT2D eigenvalue weighted by Crippen LogP contribution is -2.40. The summed E-state index contributed by atoms with van der Waals surface area (Å²) < 4.78 is 1.70. The van der Waals surface area contributed by atoms with Crippen LogP contribution in [0.5, 0.6) is 0 Å². The fourth-order valence-corrected chi connectivity index (χ4v) is 1.23. The van der Waals surface area contributed by atoms with Crippen LogP contribution in [0.1, 0.15) is 5.69 Å². The number of carbonyl (C=O) groups excluding carboxylic acids is 2. The van der Waals surface area contributed by atoms with Gasteiger partial charge in [0.05, 0.1) is 6.07 Å². The third-order valence-corrected chi connectivity index (χ3v) is 2.12. The number of nitriles is 1. The number of nitrogens with zero attached hydrogens (tertiary/aromatic N) is 3. The predicted molar refractivity (Wildman–Crippen MR) is 58.5 cm³/mol. The first-order chi connectivity index (χ1) is 8.15. The van der Waals surface area contributed by atoms with Crippen molar-refractivity contribution in [1.29, 1.82) is 5.26 Å². The largest absolute Gasteiger partial charge is 0.347 e. The number of carbonyl (C=O) groups is 2. The first-order valence-corrected chi connectivity index (χ1v) is 5.05. The highest BCUT2D eigenvalue weighted by molar-refractivity contribution is 6.35. The van der Waals surface area contributed by atoms with Crippen molar-refractivity contribution in [2.45, 2.75) is 6.42 Å². The van der Waals surface area contributed by atoms with Gasteiger partial charge in [0.1, 0.15) is 6.54 Å². The van der Waals surface area contributed by atoms with E-state index < -0.39 is 11.8 Å². The van der Waals surface area contributed by atoms with E-state index in [2.05, 4.69) is 15.7 Å². The molecule has 0 saturated heterocycles. The average Bonchev–Trinajstić information content (AvgIpc) is 2.72. The van der Waals surface area contributed by atoms with Gasteiger partial charge in [-0.25, -0.2) is 0 Å². The quantitative estimate of drug-likeness (QED) is 0.501. The van der Waals surface area contributed by atoms with Crippen molar-refractivity contribution in [2.75, 3.05) is 13.1 Å². The van der Waals surface area contributed by atoms with Crippen molar-refractivity contribution in [3.63, 3.8) is 0 Å². The zero-order chi connectivity index (χ0) is 12.7. The van der Waals surface area contributed by atoms with E-state index in [1.54, 1.807) is 24.0 Å². The zero-order valence-corrected chi connectivity index (χ0v) is 9.43. The molecule has 0 atom stereocenters. The molecular weight excluding hydrogens is 222 g/mol. The topological polar surface area (TPSA) is 99.8 Å². The summed E-state index contributed by atoms with van der Waals surface area (Å²) in [5.74, 6) is -1.53. The fourth-order valence-electron chi connectivity index (χ4n) is 1.23. The molecule has 1 aromatic heterocycles. The lowest BCUT2D eigenvalue weighted by molar-refractivity contribution is -0.139. The summed E-state index contributed by atoms with van der Waals surface area (Å²) in [6.07, 6.45) is 2.25. The molecule has 0 spiro atoms. The number of aromatic nitrogens is 2. The first kappa shape index (κ1) is 12.7. The van der Waals surface area contributed by atoms with Crippen molar-refractivity contribution in [2.24, 2.45) is 7.05 Å². The van der Waals surface area contributed by atoms with Crippen LogP contribution in [-0.4, -0.2) is 34.7 Å². The Kier molecular flexibility index (Phi) is 4.69. The summed E-state index contributed by atoms with van der Waals surface area (Å²) in [5, 5.41) is 16.8. The van der Waals surface area contributed by atoms with E-state index in [-0.39, 0.29) is 6.54 Å². The molecule has 90 valence electrons. The molecule has 17 heavy (non-hydrogen) atoms. The number of amides is 2. The number of rotatable bonds is 4. The van der Waals surface area contributed by atoms with E-state index in [1.165, 1.54) is 0 Å². The van der Waals surface area contributed by atoms with E-state index in [0.717, 1.165) is 5.69 Å². The number of hydrogen-bond acceptors (Lipinski definition) is 4. The summed E-state index contributed by atoms with van der Waals surface area (Å²) in [4.78, 5) is 22.3. The summed E-state index contributed by atoms with van der Waals surface area (Å²) in [6, 6.07) is 3.55. The van der Waals surface area contributed by atoms with E-state index in [1.807, 2.05) is 6.07 Å². The minimum absolute atomic E-state index is 0.173. The molecule has 0 saturated carbocycles. The van der Waals surface area contributed by atoms with Crippen LogP contribution in [0.3, 0.4) is 0 Å². The molecule has 2 N–H and O–H groups in total. The average molecular weight is 235 g/mol. The van der Waals surface area contributed by atoms with Crippen LogP contribution in [0.25, 0.3) is 0 Å². The van der Waals surface area contributed by atoms with Gasteiger partial charge in [0.2, 0.25) is 0 Å². The number of hydrogen-bond donors (Lipinski definition) is 2. The van der Waals surface area contributed by atoms with E-state index in [4.69, 9.17) is 5.26 Å². The van der Waals surface area contributed by atoms with Crippen LogP contribution < -0.4 is 10.6 Å². The molecule has 1 aromatic rings. The molecule has 7 heteroatoms. The van der Waals surface area contributed by atoms with Gasteiger partial charge in [0.15, 0.2) is 0 Å². The van der Waals surface area contributed by atoms with Gasteiger partial charge in [-0.1, -0.05) is 0 Å². The molecule has 0 aliphatic heterocycles. The Morgan fingerprint density at radius 1 is 1.47 bits per heavy atom. The van der Waals surface area contributed by atoms with Crippen LogP contribution in [0.4, 0.5) is 0 Å². The minimum atomic E-state index is -0.795. The van der Waals surface area contributed by atoms with Crippen LogP contribution in [0, 0.1) is 11.3 Å². The van der Waals surface area contributed by atoms with E-state index in [0.29, 0.717) is 13.0 Å². The second-order valence-electron chi connectivity index (χ2n) is 3.29. The van der Waals surface area contributed by atoms with Crippen molar-refractivity contribution in [1.82, 2.24) is 20.4 Å². The fraction of sp³-hybridized carbons (Fsp3) is 0.400. The van der Waals surface area contributed by atoms with Crippen LogP contribution >= 0.6 is 0 Å². The molecule has 0 aliphatic rings. The van der Waals surface area contributed by atoms with Gasteiger partial charge in [-0.2, -0.15) is 10.4 Å². The standard InChI is InChI=1S/C10H13N5O2/c1-15-8(3-6-14-15)2-5-12-9(16)10(17)13-7-4-11/h3,6H,2,5,7H2,1H3,(H,12,16)(H,13,17). The minimum Gasteiger partial charge on any atom is -0.347 e. The Hall–Kier alpha value is -2.36. The molecule has 2 amide bonds. The SMILES string of the molecule is Cn1nccc1CCNC(=O)C(=O)NCC#N. The van der Waals surface area contributed by atoms with Crippen LogP contribution in [-0.2, 0) is 23.1 Å². The van der Waals surface area contributed by atoms with Crippen molar-refractivity contribution >= 4 is 11.8 Å². The van der Waals surface area contributed by atoms with Crippen LogP contribution in [0.15, 0.2) is 12.3 Å². The maximum atomic E-state index is 11.2. The Labute approximate surface area is 98.4 Å². The highest BCUT2D eigenvalue weighted by Crippen LogP contribution is 1.95. The van der Waals surface area contributed by atoms with Gasteiger partial charge in [0.25, 0.3) is 0 Å².